The summed E-state index contributed by atoms with van der Waals surface area (Å²) in [6.07, 6.45) is 6.87. The average molecular weight is 499 g/mol. The van der Waals surface area contributed by atoms with Gasteiger partial charge in [0.05, 0.1) is 34.8 Å². The van der Waals surface area contributed by atoms with Crippen LogP contribution in [0.25, 0.3) is 16.7 Å². The van der Waals surface area contributed by atoms with Crippen molar-refractivity contribution in [3.8, 4) is 5.69 Å². The molecule has 1 unspecified atom stereocenters. The fraction of sp³-hybridized carbons (Fsp3) is 0.357. The highest BCUT2D eigenvalue weighted by Crippen LogP contribution is 2.28. The van der Waals surface area contributed by atoms with Crippen molar-refractivity contribution in [3.63, 3.8) is 0 Å². The topological polar surface area (TPSA) is 105 Å². The summed E-state index contributed by atoms with van der Waals surface area (Å²) < 4.78 is 7.04. The molecule has 1 atom stereocenters. The highest BCUT2D eigenvalue weighted by Gasteiger charge is 2.27. The second kappa shape index (κ2) is 10.2. The molecule has 2 N–H and O–H groups in total. The molecule has 2 aromatic heterocycles. The number of imidazole rings is 1. The normalized spacial score (nSPS) is 18.7. The number of amides is 2. The molecule has 2 aliphatic rings. The Bertz CT molecular complexity index is 1370. The number of carbonyl (C=O) groups is 2. The van der Waals surface area contributed by atoms with Crippen molar-refractivity contribution in [2.45, 2.75) is 31.6 Å². The summed E-state index contributed by atoms with van der Waals surface area (Å²) in [5, 5.41) is 7.34. The van der Waals surface area contributed by atoms with Crippen LogP contribution in [0.5, 0.6) is 0 Å². The molecule has 0 bridgehead atoms. The van der Waals surface area contributed by atoms with Crippen LogP contribution in [-0.4, -0.2) is 62.8 Å². The van der Waals surface area contributed by atoms with Gasteiger partial charge in [-0.1, -0.05) is 12.1 Å². The molecule has 0 radical (unpaired) electrons. The first-order chi connectivity index (χ1) is 18.1. The number of piperidine rings is 1. The van der Waals surface area contributed by atoms with Gasteiger partial charge in [-0.3, -0.25) is 9.59 Å². The number of carbonyl (C=O) groups excluding carboxylic acids is 2. The molecule has 4 heterocycles. The van der Waals surface area contributed by atoms with Crippen molar-refractivity contribution in [3.05, 3.63) is 72.3 Å². The van der Waals surface area contributed by atoms with Crippen molar-refractivity contribution >= 4 is 28.5 Å². The molecule has 0 saturated carbocycles. The first-order valence-electron chi connectivity index (χ1n) is 12.9. The molecule has 2 fully saturated rings. The van der Waals surface area contributed by atoms with E-state index in [-0.39, 0.29) is 23.7 Å². The van der Waals surface area contributed by atoms with Crippen molar-refractivity contribution in [1.82, 2.24) is 24.6 Å². The van der Waals surface area contributed by atoms with Crippen molar-refractivity contribution in [2.75, 3.05) is 31.6 Å². The van der Waals surface area contributed by atoms with Crippen LogP contribution < -0.4 is 5.32 Å². The highest BCUT2D eigenvalue weighted by atomic mass is 16.5. The van der Waals surface area contributed by atoms with Gasteiger partial charge in [0.15, 0.2) is 0 Å². The van der Waals surface area contributed by atoms with Crippen LogP contribution in [0.15, 0.2) is 60.9 Å². The van der Waals surface area contributed by atoms with Gasteiger partial charge >= 0.3 is 0 Å². The van der Waals surface area contributed by atoms with E-state index in [0.717, 1.165) is 54.8 Å². The number of benzene rings is 2. The standard InChI is InChI=1S/C28H30N6O3/c35-27(19-11-14-37-15-12-19)30-22-16-29-34(18-22)23-9-7-20(8-10-23)28(36)33-13-3-4-21(17-33)26-31-24-5-1-2-6-25(24)32-26/h1-2,5-10,16,18-19,21H,3-4,11-15,17H2,(H,30,35)(H,31,32). The summed E-state index contributed by atoms with van der Waals surface area (Å²) in [7, 11) is 0. The molecule has 6 rings (SSSR count). The lowest BCUT2D eigenvalue weighted by Crippen LogP contribution is -2.39. The molecule has 190 valence electrons. The predicted octanol–water partition coefficient (Wildman–Crippen LogP) is 4.13. The van der Waals surface area contributed by atoms with Gasteiger partial charge in [0.25, 0.3) is 5.91 Å². The zero-order valence-corrected chi connectivity index (χ0v) is 20.6. The Morgan fingerprint density at radius 1 is 1.03 bits per heavy atom. The van der Waals surface area contributed by atoms with E-state index in [1.807, 2.05) is 53.4 Å². The Balaban J connectivity index is 1.10. The molecule has 4 aromatic rings. The summed E-state index contributed by atoms with van der Waals surface area (Å²) in [6, 6.07) is 15.5. The number of hydrogen-bond donors (Lipinski definition) is 2. The van der Waals surface area contributed by atoms with E-state index in [4.69, 9.17) is 9.72 Å². The molecule has 37 heavy (non-hydrogen) atoms. The third-order valence-corrected chi connectivity index (χ3v) is 7.32. The SMILES string of the molecule is O=C(Nc1cnn(-c2ccc(C(=O)N3CCCC(c4nc5ccccc5[nH]4)C3)cc2)c1)C1CCOCC1. The summed E-state index contributed by atoms with van der Waals surface area (Å²) in [5.41, 5.74) is 4.11. The van der Waals surface area contributed by atoms with Crippen LogP contribution in [-0.2, 0) is 9.53 Å². The number of likely N-dealkylation sites (tertiary alicyclic amines) is 1. The summed E-state index contributed by atoms with van der Waals surface area (Å²) in [6.45, 7) is 2.64. The first-order valence-corrected chi connectivity index (χ1v) is 12.9. The van der Waals surface area contributed by atoms with Crippen molar-refractivity contribution in [2.24, 2.45) is 5.92 Å². The lowest BCUT2D eigenvalue weighted by Gasteiger charge is -2.32. The van der Waals surface area contributed by atoms with Gasteiger partial charge in [-0.2, -0.15) is 5.10 Å². The number of nitrogens with zero attached hydrogens (tertiary/aromatic N) is 4. The maximum Gasteiger partial charge on any atom is 0.253 e. The van der Waals surface area contributed by atoms with Gasteiger partial charge in [-0.05, 0) is 62.1 Å². The molecular weight excluding hydrogens is 468 g/mol. The fourth-order valence-corrected chi connectivity index (χ4v) is 5.22. The number of aromatic nitrogens is 4. The molecule has 9 nitrogen and oxygen atoms in total. The summed E-state index contributed by atoms with van der Waals surface area (Å²) >= 11 is 0. The summed E-state index contributed by atoms with van der Waals surface area (Å²) in [4.78, 5) is 35.9. The molecule has 0 spiro atoms. The fourth-order valence-electron chi connectivity index (χ4n) is 5.22. The largest absolute Gasteiger partial charge is 0.381 e. The van der Waals surface area contributed by atoms with Gasteiger partial charge in [0, 0.05) is 43.7 Å². The maximum absolute atomic E-state index is 13.3. The smallest absolute Gasteiger partial charge is 0.253 e. The van der Waals surface area contributed by atoms with E-state index in [1.165, 1.54) is 0 Å². The van der Waals surface area contributed by atoms with E-state index < -0.39 is 0 Å². The molecule has 2 aliphatic heterocycles. The minimum absolute atomic E-state index is 0.00581. The average Bonchev–Trinajstić information content (AvgIpc) is 3.61. The number of fused-ring (bicyclic) bond motifs is 1. The minimum Gasteiger partial charge on any atom is -0.381 e. The van der Waals surface area contributed by atoms with Crippen LogP contribution in [0, 0.1) is 5.92 Å². The Morgan fingerprint density at radius 3 is 2.65 bits per heavy atom. The molecule has 2 saturated heterocycles. The number of H-pyrrole nitrogens is 1. The van der Waals surface area contributed by atoms with Crippen molar-refractivity contribution < 1.29 is 14.3 Å². The number of aromatic amines is 1. The Kier molecular flexibility index (Phi) is 6.44. The van der Waals surface area contributed by atoms with Crippen LogP contribution in [0.2, 0.25) is 0 Å². The van der Waals surface area contributed by atoms with Crippen LogP contribution in [0.1, 0.15) is 47.8 Å². The number of hydrogen-bond acceptors (Lipinski definition) is 5. The molecule has 0 aliphatic carbocycles. The Labute approximate surface area is 214 Å². The number of anilines is 1. The third-order valence-electron chi connectivity index (χ3n) is 7.32. The molecular formula is C28H30N6O3. The van der Waals surface area contributed by atoms with Crippen molar-refractivity contribution in [1.29, 1.82) is 0 Å². The van der Waals surface area contributed by atoms with Gasteiger partial charge in [-0.15, -0.1) is 0 Å². The second-order valence-corrected chi connectivity index (χ2v) is 9.83. The quantitative estimate of drug-likeness (QED) is 0.430. The minimum atomic E-state index is -0.0244. The van der Waals surface area contributed by atoms with E-state index in [9.17, 15) is 9.59 Å². The number of rotatable bonds is 5. The first kappa shape index (κ1) is 23.4. The monoisotopic (exact) mass is 498 g/mol. The lowest BCUT2D eigenvalue weighted by molar-refractivity contribution is -0.122. The zero-order valence-electron chi connectivity index (χ0n) is 20.6. The van der Waals surface area contributed by atoms with Crippen LogP contribution in [0.3, 0.4) is 0 Å². The van der Waals surface area contributed by atoms with E-state index in [2.05, 4.69) is 15.4 Å². The van der Waals surface area contributed by atoms with Crippen LogP contribution in [0.4, 0.5) is 5.69 Å². The number of para-hydroxylation sites is 2. The van der Waals surface area contributed by atoms with Gasteiger partial charge in [0.1, 0.15) is 5.82 Å². The molecule has 9 heteroatoms. The highest BCUT2D eigenvalue weighted by molar-refractivity contribution is 5.94. The van der Waals surface area contributed by atoms with Crippen LogP contribution >= 0.6 is 0 Å². The second-order valence-electron chi connectivity index (χ2n) is 9.83. The van der Waals surface area contributed by atoms with Gasteiger partial charge in [-0.25, -0.2) is 9.67 Å². The summed E-state index contributed by atoms with van der Waals surface area (Å²) in [5.74, 6) is 1.16. The van der Waals surface area contributed by atoms with Gasteiger partial charge in [0.2, 0.25) is 5.91 Å². The number of nitrogens with one attached hydrogen (secondary N) is 2. The molecule has 2 amide bonds. The maximum atomic E-state index is 13.3. The third kappa shape index (κ3) is 4.99. The van der Waals surface area contributed by atoms with E-state index in [1.54, 1.807) is 17.1 Å². The Morgan fingerprint density at radius 2 is 1.84 bits per heavy atom. The lowest BCUT2D eigenvalue weighted by atomic mass is 9.96. The zero-order chi connectivity index (χ0) is 25.2. The Hall–Kier alpha value is -3.98. The van der Waals surface area contributed by atoms with Gasteiger partial charge < -0.3 is 19.9 Å². The number of ether oxygens (including phenoxy) is 1. The predicted molar refractivity (Wildman–Crippen MR) is 140 cm³/mol. The van der Waals surface area contributed by atoms with E-state index in [0.29, 0.717) is 31.0 Å². The molecule has 2 aromatic carbocycles. The van der Waals surface area contributed by atoms with E-state index >= 15 is 0 Å².